The maximum Gasteiger partial charge on any atom is 0.161 e. The van der Waals surface area contributed by atoms with E-state index in [0.29, 0.717) is 13.2 Å². The van der Waals surface area contributed by atoms with Crippen LogP contribution in [-0.4, -0.2) is 23.0 Å². The molecule has 0 radical (unpaired) electrons. The van der Waals surface area contributed by atoms with Gasteiger partial charge in [0.25, 0.3) is 0 Å². The van der Waals surface area contributed by atoms with E-state index >= 15 is 0 Å². The fourth-order valence-electron chi connectivity index (χ4n) is 2.43. The number of rotatable bonds is 4. The van der Waals surface area contributed by atoms with Crippen LogP contribution in [0.2, 0.25) is 0 Å². The zero-order valence-electron chi connectivity index (χ0n) is 11.6. The van der Waals surface area contributed by atoms with Crippen LogP contribution in [0.25, 0.3) is 0 Å². The molecule has 20 heavy (non-hydrogen) atoms. The molecular formula is C15H19N3O2. The van der Waals surface area contributed by atoms with Crippen molar-refractivity contribution >= 4 is 0 Å². The van der Waals surface area contributed by atoms with Gasteiger partial charge < -0.3 is 15.2 Å². The Morgan fingerprint density at radius 1 is 1.25 bits per heavy atom. The normalized spacial score (nSPS) is 15.1. The highest BCUT2D eigenvalue weighted by Gasteiger charge is 2.18. The Hall–Kier alpha value is -2.01. The first kappa shape index (κ1) is 13.0. The van der Waals surface area contributed by atoms with Gasteiger partial charge in [-0.15, -0.1) is 0 Å². The number of ether oxygens (including phenoxy) is 2. The number of hydrogen-bond donors (Lipinski definition) is 1. The molecule has 0 saturated heterocycles. The van der Waals surface area contributed by atoms with Crippen molar-refractivity contribution in [2.75, 3.05) is 13.2 Å². The summed E-state index contributed by atoms with van der Waals surface area (Å²) in [5.41, 5.74) is 8.39. The lowest BCUT2D eigenvalue weighted by atomic mass is 10.0. The van der Waals surface area contributed by atoms with Gasteiger partial charge in [0.2, 0.25) is 0 Å². The number of nitrogens with zero attached hydrogens (tertiary/aromatic N) is 2. The van der Waals surface area contributed by atoms with Gasteiger partial charge in [0.1, 0.15) is 13.2 Å². The second-order valence-electron chi connectivity index (χ2n) is 4.86. The van der Waals surface area contributed by atoms with E-state index < -0.39 is 0 Å². The molecule has 0 amide bonds. The maximum absolute atomic E-state index is 6.37. The molecule has 0 bridgehead atoms. The molecule has 1 aromatic carbocycles. The van der Waals surface area contributed by atoms with Crippen LogP contribution in [0.3, 0.4) is 0 Å². The summed E-state index contributed by atoms with van der Waals surface area (Å²) < 4.78 is 13.1. The minimum Gasteiger partial charge on any atom is -0.486 e. The smallest absolute Gasteiger partial charge is 0.161 e. The molecule has 3 rings (SSSR count). The molecule has 2 aromatic rings. The highest BCUT2D eigenvalue weighted by molar-refractivity contribution is 5.45. The molecule has 1 atom stereocenters. The third kappa shape index (κ3) is 2.36. The summed E-state index contributed by atoms with van der Waals surface area (Å²) in [7, 11) is 0. The molecule has 1 aliphatic heterocycles. The number of aromatic nitrogens is 2. The van der Waals surface area contributed by atoms with Gasteiger partial charge >= 0.3 is 0 Å². The summed E-state index contributed by atoms with van der Waals surface area (Å²) in [6, 6.07) is 7.63. The van der Waals surface area contributed by atoms with E-state index in [9.17, 15) is 0 Å². The van der Waals surface area contributed by atoms with Crippen LogP contribution in [0.1, 0.15) is 30.6 Å². The molecule has 0 saturated carbocycles. The first-order valence-electron chi connectivity index (χ1n) is 6.96. The van der Waals surface area contributed by atoms with Gasteiger partial charge in [-0.3, -0.25) is 4.68 Å². The van der Waals surface area contributed by atoms with E-state index in [0.717, 1.165) is 35.7 Å². The van der Waals surface area contributed by atoms with Crippen LogP contribution in [0.5, 0.6) is 11.5 Å². The number of benzene rings is 1. The summed E-state index contributed by atoms with van der Waals surface area (Å²) >= 11 is 0. The lowest BCUT2D eigenvalue weighted by molar-refractivity contribution is 0.171. The molecular weight excluding hydrogens is 254 g/mol. The molecule has 0 spiro atoms. The lowest BCUT2D eigenvalue weighted by Crippen LogP contribution is -2.19. The number of aryl methyl sites for hydroxylation is 1. The fraction of sp³-hybridized carbons (Fsp3) is 0.400. The minimum atomic E-state index is -0.208. The molecule has 0 aliphatic carbocycles. The molecule has 5 nitrogen and oxygen atoms in total. The van der Waals surface area contributed by atoms with Gasteiger partial charge in [0, 0.05) is 12.7 Å². The van der Waals surface area contributed by atoms with Crippen molar-refractivity contribution < 1.29 is 9.47 Å². The quantitative estimate of drug-likeness (QED) is 0.926. The van der Waals surface area contributed by atoms with E-state index in [-0.39, 0.29) is 6.04 Å². The predicted molar refractivity (Wildman–Crippen MR) is 76.0 cm³/mol. The Bertz CT molecular complexity index is 595. The highest BCUT2D eigenvalue weighted by atomic mass is 16.6. The topological polar surface area (TPSA) is 62.3 Å². The first-order chi connectivity index (χ1) is 9.79. The summed E-state index contributed by atoms with van der Waals surface area (Å²) in [6.45, 7) is 4.18. The third-order valence-electron chi connectivity index (χ3n) is 3.43. The summed E-state index contributed by atoms with van der Waals surface area (Å²) in [4.78, 5) is 0. The van der Waals surface area contributed by atoms with Crippen molar-refractivity contribution in [2.24, 2.45) is 5.73 Å². The van der Waals surface area contributed by atoms with E-state index in [1.807, 2.05) is 28.9 Å². The number of fused-ring (bicyclic) bond motifs is 1. The van der Waals surface area contributed by atoms with Crippen LogP contribution in [0.15, 0.2) is 30.5 Å². The first-order valence-corrected chi connectivity index (χ1v) is 6.96. The summed E-state index contributed by atoms with van der Waals surface area (Å²) in [5, 5.41) is 4.32. The molecule has 1 unspecified atom stereocenters. The van der Waals surface area contributed by atoms with Crippen LogP contribution in [0.4, 0.5) is 0 Å². The molecule has 1 aromatic heterocycles. The Labute approximate surface area is 118 Å². The Morgan fingerprint density at radius 2 is 2.05 bits per heavy atom. The number of nitrogens with two attached hydrogens (primary N) is 1. The Kier molecular flexibility index (Phi) is 3.60. The molecule has 2 heterocycles. The summed E-state index contributed by atoms with van der Waals surface area (Å²) in [6.07, 6.45) is 2.82. The average molecular weight is 273 g/mol. The van der Waals surface area contributed by atoms with Crippen molar-refractivity contribution in [1.29, 1.82) is 0 Å². The Balaban J connectivity index is 1.90. The third-order valence-corrected chi connectivity index (χ3v) is 3.43. The van der Waals surface area contributed by atoms with Crippen LogP contribution in [-0.2, 0) is 6.54 Å². The maximum atomic E-state index is 6.37. The standard InChI is InChI=1S/C15H19N3O2/c1-2-7-18-12(5-6-17-18)15(16)11-3-4-13-14(10-11)20-9-8-19-13/h3-6,10,15H,2,7-9,16H2,1H3. The van der Waals surface area contributed by atoms with Crippen molar-refractivity contribution in [2.45, 2.75) is 25.9 Å². The van der Waals surface area contributed by atoms with Gasteiger partial charge in [0.05, 0.1) is 11.7 Å². The van der Waals surface area contributed by atoms with Crippen molar-refractivity contribution in [3.8, 4) is 11.5 Å². The van der Waals surface area contributed by atoms with E-state index in [1.54, 1.807) is 6.20 Å². The summed E-state index contributed by atoms with van der Waals surface area (Å²) in [5.74, 6) is 1.56. The minimum absolute atomic E-state index is 0.208. The van der Waals surface area contributed by atoms with Crippen LogP contribution >= 0.6 is 0 Å². The van der Waals surface area contributed by atoms with Gasteiger partial charge in [-0.25, -0.2) is 0 Å². The van der Waals surface area contributed by atoms with Crippen LogP contribution in [0, 0.1) is 0 Å². The van der Waals surface area contributed by atoms with E-state index in [1.165, 1.54) is 0 Å². The lowest BCUT2D eigenvalue weighted by Gasteiger charge is -2.21. The van der Waals surface area contributed by atoms with Crippen molar-refractivity contribution in [1.82, 2.24) is 9.78 Å². The second-order valence-corrected chi connectivity index (χ2v) is 4.86. The Morgan fingerprint density at radius 3 is 2.85 bits per heavy atom. The van der Waals surface area contributed by atoms with E-state index in [2.05, 4.69) is 12.0 Å². The second kappa shape index (κ2) is 5.54. The predicted octanol–water partition coefficient (Wildman–Crippen LogP) is 2.11. The zero-order valence-corrected chi connectivity index (χ0v) is 11.6. The van der Waals surface area contributed by atoms with Gasteiger partial charge in [-0.05, 0) is 30.2 Å². The van der Waals surface area contributed by atoms with Gasteiger partial charge in [-0.2, -0.15) is 5.10 Å². The SMILES string of the molecule is CCCn1nccc1C(N)c1ccc2c(c1)OCCO2. The van der Waals surface area contributed by atoms with Crippen LogP contribution < -0.4 is 15.2 Å². The molecule has 106 valence electrons. The molecule has 0 fully saturated rings. The molecule has 5 heteroatoms. The van der Waals surface area contributed by atoms with Gasteiger partial charge in [-0.1, -0.05) is 13.0 Å². The largest absolute Gasteiger partial charge is 0.486 e. The zero-order chi connectivity index (χ0) is 13.9. The highest BCUT2D eigenvalue weighted by Crippen LogP contribution is 2.33. The molecule has 1 aliphatic rings. The van der Waals surface area contributed by atoms with Gasteiger partial charge in [0.15, 0.2) is 11.5 Å². The fourth-order valence-corrected chi connectivity index (χ4v) is 2.43. The van der Waals surface area contributed by atoms with Crippen molar-refractivity contribution in [3.63, 3.8) is 0 Å². The average Bonchev–Trinajstić information content (AvgIpc) is 2.94. The number of hydrogen-bond acceptors (Lipinski definition) is 4. The molecule has 2 N–H and O–H groups in total. The monoisotopic (exact) mass is 273 g/mol. The van der Waals surface area contributed by atoms with E-state index in [4.69, 9.17) is 15.2 Å². The van der Waals surface area contributed by atoms with Crippen molar-refractivity contribution in [3.05, 3.63) is 41.7 Å².